The number of allylic oxidation sites excluding steroid dienone is 1. The van der Waals surface area contributed by atoms with E-state index < -0.39 is 48.3 Å². The molecule has 2 rings (SSSR count). The fourth-order valence-electron chi connectivity index (χ4n) is 3.50. The number of rotatable bonds is 5. The van der Waals surface area contributed by atoms with Crippen molar-refractivity contribution in [2.24, 2.45) is 5.41 Å². The molecule has 6 atom stereocenters. The first kappa shape index (κ1) is 24.7. The maximum Gasteiger partial charge on any atom is 0.252 e. The summed E-state index contributed by atoms with van der Waals surface area (Å²) in [6.07, 6.45) is -0.279. The maximum atomic E-state index is 12.9. The Morgan fingerprint density at radius 3 is 2.57 bits per heavy atom. The second-order valence-electron chi connectivity index (χ2n) is 9.47. The molecule has 2 amide bonds. The SMILES string of the molecule is CO[C@@H](C(=O)N[C@H]1CC[C@@H](O)CNC1=O)[C@@H]1OC(C)(C)O[C@H](/C=C/C(C)(C)C)[C@@H]1O. The number of ether oxygens (including phenoxy) is 3. The Hall–Kier alpha value is -1.52. The molecule has 0 aliphatic carbocycles. The van der Waals surface area contributed by atoms with Crippen molar-refractivity contribution in [1.82, 2.24) is 10.6 Å². The van der Waals surface area contributed by atoms with Crippen molar-refractivity contribution < 1.29 is 34.0 Å². The predicted molar refractivity (Wildman–Crippen MR) is 109 cm³/mol. The monoisotopic (exact) mass is 428 g/mol. The maximum absolute atomic E-state index is 12.9. The minimum absolute atomic E-state index is 0.115. The van der Waals surface area contributed by atoms with Crippen LogP contribution in [0.2, 0.25) is 0 Å². The van der Waals surface area contributed by atoms with E-state index in [9.17, 15) is 19.8 Å². The van der Waals surface area contributed by atoms with Crippen molar-refractivity contribution in [2.45, 2.75) is 89.8 Å². The number of aliphatic hydroxyl groups excluding tert-OH is 2. The molecule has 0 bridgehead atoms. The summed E-state index contributed by atoms with van der Waals surface area (Å²) < 4.78 is 17.1. The van der Waals surface area contributed by atoms with Crippen molar-refractivity contribution in [3.63, 3.8) is 0 Å². The Kier molecular flexibility index (Phi) is 8.03. The van der Waals surface area contributed by atoms with E-state index in [-0.39, 0.29) is 17.9 Å². The second-order valence-corrected chi connectivity index (χ2v) is 9.47. The molecule has 4 N–H and O–H groups in total. The molecule has 2 aliphatic heterocycles. The molecule has 0 aromatic heterocycles. The molecule has 0 aromatic rings. The number of methoxy groups -OCH3 is 1. The molecule has 0 unspecified atom stereocenters. The van der Waals surface area contributed by atoms with Gasteiger partial charge in [-0.05, 0) is 32.1 Å². The molecule has 0 saturated carbocycles. The van der Waals surface area contributed by atoms with Crippen LogP contribution in [0.25, 0.3) is 0 Å². The summed E-state index contributed by atoms with van der Waals surface area (Å²) in [5, 5.41) is 25.8. The van der Waals surface area contributed by atoms with Crippen LogP contribution in [-0.2, 0) is 23.8 Å². The van der Waals surface area contributed by atoms with Gasteiger partial charge in [0.1, 0.15) is 24.4 Å². The molecular weight excluding hydrogens is 392 g/mol. The van der Waals surface area contributed by atoms with E-state index >= 15 is 0 Å². The van der Waals surface area contributed by atoms with E-state index in [1.165, 1.54) is 7.11 Å². The third-order valence-electron chi connectivity index (χ3n) is 5.04. The number of carbonyl (C=O) groups is 2. The average Bonchev–Trinajstić information content (AvgIpc) is 2.78. The van der Waals surface area contributed by atoms with Crippen LogP contribution >= 0.6 is 0 Å². The van der Waals surface area contributed by atoms with Gasteiger partial charge in [0.25, 0.3) is 5.91 Å². The quantitative estimate of drug-likeness (QED) is 0.462. The van der Waals surface area contributed by atoms with Crippen molar-refractivity contribution in [3.05, 3.63) is 12.2 Å². The Morgan fingerprint density at radius 1 is 1.30 bits per heavy atom. The van der Waals surface area contributed by atoms with Gasteiger partial charge in [-0.15, -0.1) is 0 Å². The fourth-order valence-corrected chi connectivity index (χ4v) is 3.50. The van der Waals surface area contributed by atoms with Crippen LogP contribution in [-0.4, -0.2) is 78.0 Å². The summed E-state index contributed by atoms with van der Waals surface area (Å²) in [7, 11) is 1.35. The summed E-state index contributed by atoms with van der Waals surface area (Å²) in [5.74, 6) is -2.00. The molecular formula is C21H36N2O7. The summed E-state index contributed by atoms with van der Waals surface area (Å²) in [6.45, 7) is 9.63. The number of nitrogens with one attached hydrogen (secondary N) is 2. The Bertz CT molecular complexity index is 644. The lowest BCUT2D eigenvalue weighted by Crippen LogP contribution is -2.62. The van der Waals surface area contributed by atoms with Gasteiger partial charge in [-0.2, -0.15) is 0 Å². The van der Waals surface area contributed by atoms with Gasteiger partial charge in [0, 0.05) is 13.7 Å². The molecule has 0 aromatic carbocycles. The Balaban J connectivity index is 2.16. The second kappa shape index (κ2) is 9.74. The van der Waals surface area contributed by atoms with Gasteiger partial charge in [0.05, 0.1) is 6.10 Å². The minimum atomic E-state index is -1.16. The van der Waals surface area contributed by atoms with Crippen LogP contribution in [0.1, 0.15) is 47.5 Å². The van der Waals surface area contributed by atoms with Gasteiger partial charge in [0.15, 0.2) is 11.9 Å². The summed E-state index contributed by atoms with van der Waals surface area (Å²) in [5.41, 5.74) is -0.115. The van der Waals surface area contributed by atoms with Crippen LogP contribution in [0, 0.1) is 5.41 Å². The molecule has 2 heterocycles. The zero-order valence-electron chi connectivity index (χ0n) is 18.7. The standard InChI is InChI=1S/C21H36N2O7/c1-20(2,3)10-9-14-15(25)16(30-21(4,5)29-14)17(28-6)19(27)23-13-8-7-12(24)11-22-18(13)26/h9-10,12-17,24-25H,7-8,11H2,1-6H3,(H,22,26)(H,23,27)/b10-9+/t12-,13+,14-,15+,16-,17-/m1/s1. The van der Waals surface area contributed by atoms with Gasteiger partial charge in [-0.25, -0.2) is 0 Å². The average molecular weight is 429 g/mol. The molecule has 9 heteroatoms. The van der Waals surface area contributed by atoms with E-state index in [2.05, 4.69) is 10.6 Å². The Labute approximate surface area is 178 Å². The van der Waals surface area contributed by atoms with E-state index in [4.69, 9.17) is 14.2 Å². The van der Waals surface area contributed by atoms with Crippen LogP contribution < -0.4 is 10.6 Å². The zero-order valence-corrected chi connectivity index (χ0v) is 18.7. The van der Waals surface area contributed by atoms with E-state index in [1.807, 2.05) is 26.8 Å². The van der Waals surface area contributed by atoms with Crippen molar-refractivity contribution in [3.8, 4) is 0 Å². The lowest BCUT2D eigenvalue weighted by Gasteiger charge is -2.45. The summed E-state index contributed by atoms with van der Waals surface area (Å²) >= 11 is 0. The van der Waals surface area contributed by atoms with Gasteiger partial charge in [0.2, 0.25) is 5.91 Å². The van der Waals surface area contributed by atoms with Gasteiger partial charge in [-0.3, -0.25) is 9.59 Å². The highest BCUT2D eigenvalue weighted by atomic mass is 16.7. The van der Waals surface area contributed by atoms with Gasteiger partial charge in [-0.1, -0.05) is 32.9 Å². The zero-order chi connectivity index (χ0) is 22.7. The minimum Gasteiger partial charge on any atom is -0.391 e. The summed E-state index contributed by atoms with van der Waals surface area (Å²) in [6, 6.07) is -0.797. The fraction of sp³-hybridized carbons (Fsp3) is 0.810. The first-order chi connectivity index (χ1) is 13.8. The largest absolute Gasteiger partial charge is 0.391 e. The van der Waals surface area contributed by atoms with E-state index in [0.29, 0.717) is 12.8 Å². The van der Waals surface area contributed by atoms with Crippen LogP contribution in [0.5, 0.6) is 0 Å². The number of aliphatic hydroxyl groups is 2. The highest BCUT2D eigenvalue weighted by Crippen LogP contribution is 2.31. The van der Waals surface area contributed by atoms with E-state index in [0.717, 1.165) is 0 Å². The smallest absolute Gasteiger partial charge is 0.252 e. The lowest BCUT2D eigenvalue weighted by molar-refractivity contribution is -0.334. The van der Waals surface area contributed by atoms with Crippen molar-refractivity contribution in [1.29, 1.82) is 0 Å². The highest BCUT2D eigenvalue weighted by Gasteiger charge is 2.48. The third-order valence-corrected chi connectivity index (χ3v) is 5.04. The van der Waals surface area contributed by atoms with Crippen LogP contribution in [0.4, 0.5) is 0 Å². The highest BCUT2D eigenvalue weighted by molar-refractivity contribution is 5.89. The number of β-amino-alcohol motifs (C(OH)–C–C–N with tert-alkyl or cyclic N) is 1. The van der Waals surface area contributed by atoms with Crippen LogP contribution in [0.3, 0.4) is 0 Å². The molecule has 2 fully saturated rings. The Morgan fingerprint density at radius 2 is 1.97 bits per heavy atom. The number of amides is 2. The molecule has 0 radical (unpaired) electrons. The lowest BCUT2D eigenvalue weighted by atomic mass is 9.93. The van der Waals surface area contributed by atoms with Crippen molar-refractivity contribution in [2.75, 3.05) is 13.7 Å². The third kappa shape index (κ3) is 6.75. The van der Waals surface area contributed by atoms with Crippen LogP contribution in [0.15, 0.2) is 12.2 Å². The van der Waals surface area contributed by atoms with Gasteiger partial charge < -0.3 is 35.1 Å². The number of carbonyl (C=O) groups excluding carboxylic acids is 2. The predicted octanol–water partition coefficient (Wildman–Crippen LogP) is 0.240. The first-order valence-corrected chi connectivity index (χ1v) is 10.3. The molecule has 30 heavy (non-hydrogen) atoms. The van der Waals surface area contributed by atoms with E-state index in [1.54, 1.807) is 19.9 Å². The molecule has 2 aliphatic rings. The number of hydrogen-bond acceptors (Lipinski definition) is 7. The first-order valence-electron chi connectivity index (χ1n) is 10.3. The molecule has 2 saturated heterocycles. The number of hydrogen-bond donors (Lipinski definition) is 4. The van der Waals surface area contributed by atoms with Gasteiger partial charge >= 0.3 is 0 Å². The molecule has 172 valence electrons. The normalized spacial score (nSPS) is 33.6. The van der Waals surface area contributed by atoms with Crippen molar-refractivity contribution >= 4 is 11.8 Å². The molecule has 9 nitrogen and oxygen atoms in total. The topological polar surface area (TPSA) is 126 Å². The summed E-state index contributed by atoms with van der Waals surface area (Å²) in [4.78, 5) is 25.1. The molecule has 0 spiro atoms.